The van der Waals surface area contributed by atoms with Crippen molar-refractivity contribution in [3.8, 4) is 11.5 Å². The first-order chi connectivity index (χ1) is 10.3. The van der Waals surface area contributed by atoms with Crippen LogP contribution in [0.3, 0.4) is 0 Å². The maximum absolute atomic E-state index is 5.64. The molecule has 3 heteroatoms. The predicted octanol–water partition coefficient (Wildman–Crippen LogP) is 3.56. The van der Waals surface area contributed by atoms with Crippen LogP contribution in [0.4, 0.5) is 0 Å². The quantitative estimate of drug-likeness (QED) is 0.899. The van der Waals surface area contributed by atoms with E-state index < -0.39 is 0 Å². The summed E-state index contributed by atoms with van der Waals surface area (Å²) in [5.74, 6) is 2.76. The van der Waals surface area contributed by atoms with Crippen molar-refractivity contribution in [2.24, 2.45) is 5.92 Å². The van der Waals surface area contributed by atoms with E-state index in [-0.39, 0.29) is 0 Å². The van der Waals surface area contributed by atoms with Gasteiger partial charge in [-0.05, 0) is 62.3 Å². The molecule has 0 spiro atoms. The Morgan fingerprint density at radius 3 is 2.57 bits per heavy atom. The van der Waals surface area contributed by atoms with Crippen LogP contribution in [0, 0.1) is 5.92 Å². The Hall–Kier alpha value is -1.22. The molecule has 0 amide bonds. The normalized spacial score (nSPS) is 24.8. The van der Waals surface area contributed by atoms with Crippen LogP contribution in [-0.4, -0.2) is 25.8 Å². The van der Waals surface area contributed by atoms with Gasteiger partial charge in [0, 0.05) is 6.04 Å². The molecule has 1 aromatic carbocycles. The van der Waals surface area contributed by atoms with E-state index in [4.69, 9.17) is 9.47 Å². The first-order valence-corrected chi connectivity index (χ1v) is 8.47. The van der Waals surface area contributed by atoms with Gasteiger partial charge in [0.05, 0.1) is 0 Å². The van der Waals surface area contributed by atoms with Crippen molar-refractivity contribution in [2.45, 2.75) is 51.5 Å². The fourth-order valence-electron chi connectivity index (χ4n) is 3.44. The van der Waals surface area contributed by atoms with Crippen LogP contribution in [-0.2, 0) is 6.42 Å². The minimum atomic E-state index is 0.661. The van der Waals surface area contributed by atoms with Crippen LogP contribution >= 0.6 is 0 Å². The Bertz CT molecular complexity index is 453. The molecule has 1 aliphatic heterocycles. The van der Waals surface area contributed by atoms with Crippen LogP contribution in [0.15, 0.2) is 18.2 Å². The average Bonchev–Trinajstić information content (AvgIpc) is 2.55. The zero-order valence-electron chi connectivity index (χ0n) is 13.1. The Kier molecular flexibility index (Phi) is 5.02. The molecule has 1 aromatic rings. The molecule has 0 radical (unpaired) electrons. The average molecular weight is 289 g/mol. The van der Waals surface area contributed by atoms with Crippen molar-refractivity contribution in [3.05, 3.63) is 23.8 Å². The van der Waals surface area contributed by atoms with Crippen LogP contribution in [0.5, 0.6) is 11.5 Å². The molecule has 21 heavy (non-hydrogen) atoms. The third-order valence-electron chi connectivity index (χ3n) is 4.88. The molecular weight excluding hydrogens is 262 g/mol. The van der Waals surface area contributed by atoms with E-state index in [1.807, 2.05) is 6.07 Å². The van der Waals surface area contributed by atoms with Gasteiger partial charge in [0.1, 0.15) is 13.2 Å². The van der Waals surface area contributed by atoms with Crippen LogP contribution in [0.25, 0.3) is 0 Å². The van der Waals surface area contributed by atoms with E-state index in [1.165, 1.54) is 37.7 Å². The summed E-state index contributed by atoms with van der Waals surface area (Å²) in [7, 11) is 0. The van der Waals surface area contributed by atoms with Gasteiger partial charge < -0.3 is 14.8 Å². The van der Waals surface area contributed by atoms with Gasteiger partial charge in [-0.15, -0.1) is 0 Å². The molecule has 1 heterocycles. The van der Waals surface area contributed by atoms with E-state index in [9.17, 15) is 0 Å². The van der Waals surface area contributed by atoms with Crippen molar-refractivity contribution in [1.82, 2.24) is 5.32 Å². The van der Waals surface area contributed by atoms with Gasteiger partial charge >= 0.3 is 0 Å². The lowest BCUT2D eigenvalue weighted by Crippen LogP contribution is -2.34. The SMILES string of the molecule is CCC1CCC(NCCc2ccc3c(c2)OCCO3)CC1. The molecule has 0 atom stereocenters. The fourth-order valence-corrected chi connectivity index (χ4v) is 3.44. The minimum Gasteiger partial charge on any atom is -0.486 e. The minimum absolute atomic E-state index is 0.661. The zero-order valence-corrected chi connectivity index (χ0v) is 13.1. The molecular formula is C18H27NO2. The molecule has 0 unspecified atom stereocenters. The highest BCUT2D eigenvalue weighted by atomic mass is 16.6. The second kappa shape index (κ2) is 7.17. The summed E-state index contributed by atoms with van der Waals surface area (Å²) in [4.78, 5) is 0. The second-order valence-corrected chi connectivity index (χ2v) is 6.31. The molecule has 0 aromatic heterocycles. The maximum atomic E-state index is 5.64. The van der Waals surface area contributed by atoms with E-state index in [1.54, 1.807) is 0 Å². The van der Waals surface area contributed by atoms with E-state index >= 15 is 0 Å². The smallest absolute Gasteiger partial charge is 0.161 e. The van der Waals surface area contributed by atoms with Crippen molar-refractivity contribution < 1.29 is 9.47 Å². The zero-order chi connectivity index (χ0) is 14.5. The number of hydrogen-bond donors (Lipinski definition) is 1. The van der Waals surface area contributed by atoms with Crippen molar-refractivity contribution >= 4 is 0 Å². The number of rotatable bonds is 5. The van der Waals surface area contributed by atoms with Crippen molar-refractivity contribution in [2.75, 3.05) is 19.8 Å². The number of benzene rings is 1. The van der Waals surface area contributed by atoms with Gasteiger partial charge in [-0.1, -0.05) is 19.4 Å². The van der Waals surface area contributed by atoms with Crippen molar-refractivity contribution in [3.63, 3.8) is 0 Å². The molecule has 1 N–H and O–H groups in total. The maximum Gasteiger partial charge on any atom is 0.161 e. The first kappa shape index (κ1) is 14.7. The third-order valence-corrected chi connectivity index (χ3v) is 4.88. The molecule has 0 saturated heterocycles. The van der Waals surface area contributed by atoms with Gasteiger partial charge in [0.25, 0.3) is 0 Å². The summed E-state index contributed by atoms with van der Waals surface area (Å²) in [6, 6.07) is 7.05. The Morgan fingerprint density at radius 2 is 1.81 bits per heavy atom. The topological polar surface area (TPSA) is 30.5 Å². The highest BCUT2D eigenvalue weighted by Gasteiger charge is 2.19. The highest BCUT2D eigenvalue weighted by Crippen LogP contribution is 2.31. The van der Waals surface area contributed by atoms with Crippen LogP contribution in [0.1, 0.15) is 44.6 Å². The van der Waals surface area contributed by atoms with Crippen LogP contribution < -0.4 is 14.8 Å². The summed E-state index contributed by atoms with van der Waals surface area (Å²) in [6.07, 6.45) is 7.91. The van der Waals surface area contributed by atoms with Gasteiger partial charge in [-0.2, -0.15) is 0 Å². The second-order valence-electron chi connectivity index (χ2n) is 6.31. The van der Waals surface area contributed by atoms with Gasteiger partial charge in [0.2, 0.25) is 0 Å². The highest BCUT2D eigenvalue weighted by molar-refractivity contribution is 5.43. The third kappa shape index (κ3) is 3.91. The molecule has 1 saturated carbocycles. The Labute approximate surface area is 128 Å². The summed E-state index contributed by atoms with van der Waals surface area (Å²) in [5, 5.41) is 3.72. The lowest BCUT2D eigenvalue weighted by Gasteiger charge is -2.28. The molecule has 1 fully saturated rings. The lowest BCUT2D eigenvalue weighted by atomic mass is 9.84. The number of fused-ring (bicyclic) bond motifs is 1. The van der Waals surface area contributed by atoms with Gasteiger partial charge in [-0.25, -0.2) is 0 Å². The van der Waals surface area contributed by atoms with E-state index in [2.05, 4.69) is 24.4 Å². The molecule has 116 valence electrons. The monoisotopic (exact) mass is 289 g/mol. The predicted molar refractivity (Wildman–Crippen MR) is 85.2 cm³/mol. The number of hydrogen-bond acceptors (Lipinski definition) is 3. The first-order valence-electron chi connectivity index (χ1n) is 8.47. The van der Waals surface area contributed by atoms with E-state index in [0.29, 0.717) is 13.2 Å². The van der Waals surface area contributed by atoms with Gasteiger partial charge in [-0.3, -0.25) is 0 Å². The lowest BCUT2D eigenvalue weighted by molar-refractivity contribution is 0.171. The summed E-state index contributed by atoms with van der Waals surface area (Å²) in [6.45, 7) is 4.70. The largest absolute Gasteiger partial charge is 0.486 e. The molecule has 3 rings (SSSR count). The van der Waals surface area contributed by atoms with Crippen LogP contribution in [0.2, 0.25) is 0 Å². The van der Waals surface area contributed by atoms with Gasteiger partial charge in [0.15, 0.2) is 11.5 Å². The number of nitrogens with one attached hydrogen (secondary N) is 1. The van der Waals surface area contributed by atoms with E-state index in [0.717, 1.165) is 36.4 Å². The molecule has 2 aliphatic rings. The Morgan fingerprint density at radius 1 is 1.05 bits per heavy atom. The number of ether oxygens (including phenoxy) is 2. The van der Waals surface area contributed by atoms with Crippen molar-refractivity contribution in [1.29, 1.82) is 0 Å². The molecule has 3 nitrogen and oxygen atoms in total. The standard InChI is InChI=1S/C18H27NO2/c1-2-14-3-6-16(7-4-14)19-10-9-15-5-8-17-18(13-15)21-12-11-20-17/h5,8,13-14,16,19H,2-4,6-7,9-12H2,1H3. The summed E-state index contributed by atoms with van der Waals surface area (Å²) in [5.41, 5.74) is 1.33. The Balaban J connectivity index is 1.43. The molecule has 0 bridgehead atoms. The summed E-state index contributed by atoms with van der Waals surface area (Å²) >= 11 is 0. The fraction of sp³-hybridized carbons (Fsp3) is 0.667. The summed E-state index contributed by atoms with van der Waals surface area (Å²) < 4.78 is 11.2. The molecule has 1 aliphatic carbocycles.